The van der Waals surface area contributed by atoms with Crippen molar-refractivity contribution in [2.75, 3.05) is 18.6 Å². The molecule has 18 heavy (non-hydrogen) atoms. The van der Waals surface area contributed by atoms with Gasteiger partial charge in [0.1, 0.15) is 0 Å². The average molecular weight is 274 g/mol. The maximum atomic E-state index is 11.8. The molecule has 106 valence electrons. The van der Waals surface area contributed by atoms with Crippen molar-refractivity contribution in [3.8, 4) is 0 Å². The predicted molar refractivity (Wildman–Crippen MR) is 76.6 cm³/mol. The molecule has 1 rings (SSSR count). The highest BCUT2D eigenvalue weighted by molar-refractivity contribution is 7.98. The molecule has 0 bridgehead atoms. The monoisotopic (exact) mass is 274 g/mol. The highest BCUT2D eigenvalue weighted by Gasteiger charge is 2.33. The summed E-state index contributed by atoms with van der Waals surface area (Å²) >= 11 is 1.68. The van der Waals surface area contributed by atoms with Crippen LogP contribution in [0.5, 0.6) is 0 Å². The van der Waals surface area contributed by atoms with E-state index in [4.69, 9.17) is 5.73 Å². The van der Waals surface area contributed by atoms with Crippen molar-refractivity contribution in [2.24, 2.45) is 11.7 Å². The number of aliphatic hydroxyl groups is 1. The Bertz CT molecular complexity index is 276. The van der Waals surface area contributed by atoms with Gasteiger partial charge in [0.2, 0.25) is 5.91 Å². The number of amides is 1. The van der Waals surface area contributed by atoms with E-state index >= 15 is 0 Å². The van der Waals surface area contributed by atoms with Gasteiger partial charge in [-0.2, -0.15) is 11.8 Å². The third-order valence-electron chi connectivity index (χ3n) is 3.63. The zero-order chi connectivity index (χ0) is 13.6. The summed E-state index contributed by atoms with van der Waals surface area (Å²) in [5, 5.41) is 13.2. The standard InChI is InChI=1S/C13H26N2O2S/c1-10-4-3-6-13(17,8-10)9-15-12(16)11(14)5-7-18-2/h10-11,17H,3-9,14H2,1-2H3,(H,15,16)/t10?,11-,13?/m0/s1. The van der Waals surface area contributed by atoms with Crippen LogP contribution in [-0.4, -0.2) is 41.2 Å². The van der Waals surface area contributed by atoms with E-state index in [9.17, 15) is 9.90 Å². The van der Waals surface area contributed by atoms with Crippen molar-refractivity contribution in [1.82, 2.24) is 5.32 Å². The third-order valence-corrected chi connectivity index (χ3v) is 4.27. The summed E-state index contributed by atoms with van der Waals surface area (Å²) in [5.41, 5.74) is 5.05. The van der Waals surface area contributed by atoms with E-state index in [1.54, 1.807) is 11.8 Å². The van der Waals surface area contributed by atoms with Crippen molar-refractivity contribution in [3.63, 3.8) is 0 Å². The van der Waals surface area contributed by atoms with Crippen molar-refractivity contribution in [2.45, 2.75) is 50.7 Å². The molecular formula is C13H26N2O2S. The lowest BCUT2D eigenvalue weighted by molar-refractivity contribution is -0.124. The Kier molecular flexibility index (Phi) is 6.46. The molecule has 5 heteroatoms. The lowest BCUT2D eigenvalue weighted by Gasteiger charge is -2.35. The van der Waals surface area contributed by atoms with E-state index in [1.165, 1.54) is 6.42 Å². The van der Waals surface area contributed by atoms with Crippen LogP contribution in [0.15, 0.2) is 0 Å². The lowest BCUT2D eigenvalue weighted by atomic mass is 9.79. The molecule has 0 aromatic carbocycles. The molecule has 4 nitrogen and oxygen atoms in total. The number of hydrogen-bond donors (Lipinski definition) is 3. The highest BCUT2D eigenvalue weighted by Crippen LogP contribution is 2.31. The molecular weight excluding hydrogens is 248 g/mol. The maximum Gasteiger partial charge on any atom is 0.237 e. The zero-order valence-corrected chi connectivity index (χ0v) is 12.3. The Morgan fingerprint density at radius 1 is 1.67 bits per heavy atom. The van der Waals surface area contributed by atoms with Crippen molar-refractivity contribution < 1.29 is 9.90 Å². The van der Waals surface area contributed by atoms with Gasteiger partial charge in [-0.3, -0.25) is 4.79 Å². The molecule has 0 aromatic rings. The van der Waals surface area contributed by atoms with Gasteiger partial charge in [-0.25, -0.2) is 0 Å². The molecule has 3 atom stereocenters. The summed E-state index contributed by atoms with van der Waals surface area (Å²) in [6, 6.07) is -0.456. The molecule has 1 amide bonds. The Hall–Kier alpha value is -0.260. The predicted octanol–water partition coefficient (Wildman–Crippen LogP) is 1.12. The van der Waals surface area contributed by atoms with Crippen LogP contribution >= 0.6 is 11.8 Å². The van der Waals surface area contributed by atoms with Gasteiger partial charge in [0.25, 0.3) is 0 Å². The van der Waals surface area contributed by atoms with Gasteiger partial charge in [-0.05, 0) is 37.2 Å². The summed E-state index contributed by atoms with van der Waals surface area (Å²) in [4.78, 5) is 11.8. The maximum absolute atomic E-state index is 11.8. The van der Waals surface area contributed by atoms with E-state index in [0.717, 1.165) is 25.0 Å². The van der Waals surface area contributed by atoms with E-state index in [2.05, 4.69) is 12.2 Å². The first-order valence-electron chi connectivity index (χ1n) is 6.71. The first-order valence-corrected chi connectivity index (χ1v) is 8.11. The average Bonchev–Trinajstić information content (AvgIpc) is 2.32. The van der Waals surface area contributed by atoms with E-state index < -0.39 is 11.6 Å². The molecule has 1 saturated carbocycles. The quantitative estimate of drug-likeness (QED) is 0.678. The topological polar surface area (TPSA) is 75.4 Å². The molecule has 1 aliphatic rings. The van der Waals surface area contributed by atoms with E-state index in [0.29, 0.717) is 18.9 Å². The Morgan fingerprint density at radius 3 is 3.00 bits per heavy atom. The largest absolute Gasteiger partial charge is 0.388 e. The first-order chi connectivity index (χ1) is 8.47. The molecule has 0 heterocycles. The fraction of sp³-hybridized carbons (Fsp3) is 0.923. The number of hydrogen-bond acceptors (Lipinski definition) is 4. The van der Waals surface area contributed by atoms with Crippen LogP contribution in [0.2, 0.25) is 0 Å². The SMILES string of the molecule is CSCC[C@H](N)C(=O)NCC1(O)CCCC(C)C1. The molecule has 0 aliphatic heterocycles. The third kappa shape index (κ3) is 5.16. The number of nitrogens with one attached hydrogen (secondary N) is 1. The summed E-state index contributed by atoms with van der Waals surface area (Å²) < 4.78 is 0. The smallest absolute Gasteiger partial charge is 0.237 e. The van der Waals surface area contributed by atoms with Crippen LogP contribution in [0.3, 0.4) is 0 Å². The normalized spacial score (nSPS) is 29.9. The first kappa shape index (κ1) is 15.8. The number of rotatable bonds is 6. The van der Waals surface area contributed by atoms with Crippen LogP contribution < -0.4 is 11.1 Å². The fourth-order valence-corrected chi connectivity index (χ4v) is 3.04. The van der Waals surface area contributed by atoms with Crippen molar-refractivity contribution >= 4 is 17.7 Å². The fourth-order valence-electron chi connectivity index (χ4n) is 2.55. The Balaban J connectivity index is 2.32. The van der Waals surface area contributed by atoms with Gasteiger partial charge in [0.05, 0.1) is 11.6 Å². The van der Waals surface area contributed by atoms with E-state index in [1.807, 2.05) is 6.26 Å². The van der Waals surface area contributed by atoms with Gasteiger partial charge in [-0.15, -0.1) is 0 Å². The second-order valence-corrected chi connectivity index (χ2v) is 6.52. The Morgan fingerprint density at radius 2 is 2.39 bits per heavy atom. The van der Waals surface area contributed by atoms with E-state index in [-0.39, 0.29) is 5.91 Å². The van der Waals surface area contributed by atoms with Crippen LogP contribution in [0, 0.1) is 5.92 Å². The number of nitrogens with two attached hydrogens (primary N) is 1. The summed E-state index contributed by atoms with van der Waals surface area (Å²) in [7, 11) is 0. The van der Waals surface area contributed by atoms with Gasteiger partial charge in [0.15, 0.2) is 0 Å². The molecule has 1 aliphatic carbocycles. The molecule has 2 unspecified atom stereocenters. The minimum absolute atomic E-state index is 0.143. The summed E-state index contributed by atoms with van der Waals surface area (Å²) in [6.07, 6.45) is 6.43. The molecule has 1 fully saturated rings. The molecule has 4 N–H and O–H groups in total. The highest BCUT2D eigenvalue weighted by atomic mass is 32.2. The zero-order valence-electron chi connectivity index (χ0n) is 11.4. The van der Waals surface area contributed by atoms with Gasteiger partial charge in [-0.1, -0.05) is 19.8 Å². The molecule has 0 saturated heterocycles. The summed E-state index contributed by atoms with van der Waals surface area (Å²) in [5.74, 6) is 1.28. The van der Waals surface area contributed by atoms with Crippen molar-refractivity contribution in [1.29, 1.82) is 0 Å². The molecule has 0 spiro atoms. The van der Waals surface area contributed by atoms with Crippen LogP contribution in [-0.2, 0) is 4.79 Å². The second kappa shape index (κ2) is 7.36. The van der Waals surface area contributed by atoms with Crippen molar-refractivity contribution in [3.05, 3.63) is 0 Å². The van der Waals surface area contributed by atoms with Crippen LogP contribution in [0.25, 0.3) is 0 Å². The number of carbonyl (C=O) groups excluding carboxylic acids is 1. The molecule has 0 aromatic heterocycles. The van der Waals surface area contributed by atoms with Gasteiger partial charge < -0.3 is 16.2 Å². The number of thioether (sulfide) groups is 1. The number of carbonyl (C=O) groups is 1. The van der Waals surface area contributed by atoms with Gasteiger partial charge in [0, 0.05) is 6.54 Å². The van der Waals surface area contributed by atoms with Crippen LogP contribution in [0.4, 0.5) is 0 Å². The van der Waals surface area contributed by atoms with Gasteiger partial charge >= 0.3 is 0 Å². The van der Waals surface area contributed by atoms with Crippen LogP contribution in [0.1, 0.15) is 39.0 Å². The lowest BCUT2D eigenvalue weighted by Crippen LogP contribution is -2.50. The summed E-state index contributed by atoms with van der Waals surface area (Å²) in [6.45, 7) is 2.49. The minimum Gasteiger partial charge on any atom is -0.388 e. The second-order valence-electron chi connectivity index (χ2n) is 5.53. The minimum atomic E-state index is -0.730. The Labute approximate surface area is 114 Å². The molecule has 0 radical (unpaired) electrons.